The molecule has 5 heteroatoms. The molecule has 1 heterocycles. The van der Waals surface area contributed by atoms with Crippen LogP contribution in [0.15, 0.2) is 41.4 Å². The monoisotopic (exact) mass is 359 g/mol. The number of benzene rings is 2. The van der Waals surface area contributed by atoms with Gasteiger partial charge in [-0.05, 0) is 47.4 Å². The van der Waals surface area contributed by atoms with Crippen LogP contribution in [0.5, 0.6) is 11.5 Å². The van der Waals surface area contributed by atoms with E-state index in [-0.39, 0.29) is 6.04 Å². The average molecular weight is 360 g/mol. The van der Waals surface area contributed by atoms with Crippen LogP contribution in [0.25, 0.3) is 0 Å². The summed E-state index contributed by atoms with van der Waals surface area (Å²) in [5.41, 5.74) is 3.38. The Kier molecular flexibility index (Phi) is 5.95. The van der Waals surface area contributed by atoms with Gasteiger partial charge in [-0.25, -0.2) is 0 Å². The Morgan fingerprint density at radius 3 is 2.76 bits per heavy atom. The molecule has 0 spiro atoms. The molecule has 0 N–H and O–H groups in total. The van der Waals surface area contributed by atoms with E-state index in [1.807, 2.05) is 30.5 Å². The van der Waals surface area contributed by atoms with Crippen molar-refractivity contribution in [2.75, 3.05) is 27.4 Å². The molecule has 0 saturated heterocycles. The summed E-state index contributed by atoms with van der Waals surface area (Å²) < 4.78 is 16.4. The van der Waals surface area contributed by atoms with E-state index in [0.29, 0.717) is 13.2 Å². The van der Waals surface area contributed by atoms with E-state index in [4.69, 9.17) is 25.8 Å². The van der Waals surface area contributed by atoms with Crippen molar-refractivity contribution in [3.05, 3.63) is 58.1 Å². The Hall–Kier alpha value is -2.04. The molecule has 1 unspecified atom stereocenters. The van der Waals surface area contributed by atoms with Crippen molar-refractivity contribution in [1.29, 1.82) is 0 Å². The number of halogens is 1. The second-order valence-electron chi connectivity index (χ2n) is 5.95. The first-order valence-electron chi connectivity index (χ1n) is 8.32. The number of fused-ring (bicyclic) bond motifs is 1. The maximum atomic E-state index is 6.11. The first-order chi connectivity index (χ1) is 12.2. The summed E-state index contributed by atoms with van der Waals surface area (Å²) in [5, 5.41) is 0.732. The molecule has 3 rings (SSSR count). The van der Waals surface area contributed by atoms with Crippen LogP contribution >= 0.6 is 11.6 Å². The summed E-state index contributed by atoms with van der Waals surface area (Å²) in [6.07, 6.45) is 3.55. The first-order valence-corrected chi connectivity index (χ1v) is 8.70. The summed E-state index contributed by atoms with van der Waals surface area (Å²) >= 11 is 6.11. The molecule has 0 amide bonds. The van der Waals surface area contributed by atoms with E-state index < -0.39 is 0 Å². The van der Waals surface area contributed by atoms with Gasteiger partial charge >= 0.3 is 0 Å². The fourth-order valence-electron chi connectivity index (χ4n) is 2.92. The van der Waals surface area contributed by atoms with E-state index in [1.165, 1.54) is 5.56 Å². The lowest BCUT2D eigenvalue weighted by Gasteiger charge is -2.21. The third-order valence-electron chi connectivity index (χ3n) is 4.22. The van der Waals surface area contributed by atoms with Crippen molar-refractivity contribution in [2.45, 2.75) is 18.9 Å². The molecule has 4 nitrogen and oxygen atoms in total. The molecule has 1 aliphatic rings. The molecule has 2 aromatic rings. The smallest absolute Gasteiger partial charge is 0.161 e. The lowest BCUT2D eigenvalue weighted by molar-refractivity contribution is 0.170. The zero-order valence-corrected chi connectivity index (χ0v) is 15.3. The Morgan fingerprint density at radius 1 is 1.12 bits per heavy atom. The Balaban J connectivity index is 1.81. The van der Waals surface area contributed by atoms with Gasteiger partial charge < -0.3 is 14.2 Å². The van der Waals surface area contributed by atoms with Gasteiger partial charge in [0.25, 0.3) is 0 Å². The van der Waals surface area contributed by atoms with Crippen molar-refractivity contribution in [3.63, 3.8) is 0 Å². The normalized spacial score (nSPS) is 15.7. The fourth-order valence-corrected chi connectivity index (χ4v) is 3.12. The van der Waals surface area contributed by atoms with Crippen LogP contribution in [0.2, 0.25) is 5.02 Å². The molecular formula is C20H22ClNO3. The standard InChI is InChI=1S/C20H22ClNO3/c1-23-7-4-8-25-20-11-15-10-18(14-5-3-6-17(21)9-14)22-13-16(15)12-19(20)24-2/h3,5-6,9,11-13,18H,4,7-8,10H2,1-2H3. The first kappa shape index (κ1) is 17.8. The van der Waals surface area contributed by atoms with Gasteiger partial charge in [0.2, 0.25) is 0 Å². The number of hydrogen-bond acceptors (Lipinski definition) is 4. The molecule has 1 aliphatic heterocycles. The number of methoxy groups -OCH3 is 2. The summed E-state index contributed by atoms with van der Waals surface area (Å²) in [6.45, 7) is 1.27. The third-order valence-corrected chi connectivity index (χ3v) is 4.45. The molecule has 1 atom stereocenters. The molecular weight excluding hydrogens is 338 g/mol. The SMILES string of the molecule is COCCCOc1cc2c(cc1OC)C=NC(c1cccc(Cl)c1)C2. The zero-order chi connectivity index (χ0) is 17.6. The molecule has 0 saturated carbocycles. The van der Waals surface area contributed by atoms with Gasteiger partial charge in [-0.15, -0.1) is 0 Å². The van der Waals surface area contributed by atoms with Crippen molar-refractivity contribution in [2.24, 2.45) is 4.99 Å². The molecule has 0 radical (unpaired) electrons. The summed E-state index contributed by atoms with van der Waals surface area (Å²) in [6, 6.07) is 12.0. The van der Waals surface area contributed by atoms with Crippen molar-refractivity contribution < 1.29 is 14.2 Å². The number of aliphatic imine (C=N–C) groups is 1. The highest BCUT2D eigenvalue weighted by Gasteiger charge is 2.20. The Labute approximate surface area is 153 Å². The van der Waals surface area contributed by atoms with E-state index in [0.717, 1.165) is 40.5 Å². The number of hydrogen-bond donors (Lipinski definition) is 0. The van der Waals surface area contributed by atoms with Crippen LogP contribution in [0.3, 0.4) is 0 Å². The van der Waals surface area contributed by atoms with Crippen LogP contribution in [0, 0.1) is 0 Å². The molecule has 2 aromatic carbocycles. The molecule has 0 aromatic heterocycles. The lowest BCUT2D eigenvalue weighted by atomic mass is 9.93. The van der Waals surface area contributed by atoms with E-state index in [2.05, 4.69) is 17.1 Å². The van der Waals surface area contributed by atoms with Crippen molar-refractivity contribution >= 4 is 17.8 Å². The van der Waals surface area contributed by atoms with Crippen molar-refractivity contribution in [1.82, 2.24) is 0 Å². The molecule has 132 valence electrons. The second-order valence-corrected chi connectivity index (χ2v) is 6.39. The Bertz CT molecular complexity index is 761. The molecule has 0 aliphatic carbocycles. The van der Waals surface area contributed by atoms with Gasteiger partial charge in [0.05, 0.1) is 19.8 Å². The predicted molar refractivity (Wildman–Crippen MR) is 100 cm³/mol. The highest BCUT2D eigenvalue weighted by atomic mass is 35.5. The van der Waals surface area contributed by atoms with Crippen LogP contribution < -0.4 is 9.47 Å². The highest BCUT2D eigenvalue weighted by molar-refractivity contribution is 6.30. The van der Waals surface area contributed by atoms with Gasteiger partial charge in [0, 0.05) is 31.4 Å². The maximum absolute atomic E-state index is 6.11. The van der Waals surface area contributed by atoms with Crippen LogP contribution in [-0.2, 0) is 11.2 Å². The molecule has 25 heavy (non-hydrogen) atoms. The molecule has 0 fully saturated rings. The number of nitrogens with zero attached hydrogens (tertiary/aromatic N) is 1. The van der Waals surface area contributed by atoms with Gasteiger partial charge in [-0.2, -0.15) is 0 Å². The van der Waals surface area contributed by atoms with E-state index in [1.54, 1.807) is 14.2 Å². The minimum Gasteiger partial charge on any atom is -0.493 e. The zero-order valence-electron chi connectivity index (χ0n) is 14.5. The third kappa shape index (κ3) is 4.33. The number of rotatable bonds is 7. The topological polar surface area (TPSA) is 40.0 Å². The Morgan fingerprint density at radius 2 is 2.00 bits per heavy atom. The second kappa shape index (κ2) is 8.37. The lowest BCUT2D eigenvalue weighted by Crippen LogP contribution is -2.10. The van der Waals surface area contributed by atoms with E-state index >= 15 is 0 Å². The quantitative estimate of drug-likeness (QED) is 0.684. The summed E-state index contributed by atoms with van der Waals surface area (Å²) in [7, 11) is 3.34. The van der Waals surface area contributed by atoms with Gasteiger partial charge in [0.15, 0.2) is 11.5 Å². The molecule has 0 bridgehead atoms. The largest absolute Gasteiger partial charge is 0.493 e. The van der Waals surface area contributed by atoms with Crippen LogP contribution in [-0.4, -0.2) is 33.6 Å². The van der Waals surface area contributed by atoms with Crippen molar-refractivity contribution in [3.8, 4) is 11.5 Å². The summed E-state index contributed by atoms with van der Waals surface area (Å²) in [4.78, 5) is 4.68. The minimum absolute atomic E-state index is 0.0703. The van der Waals surface area contributed by atoms with Crippen LogP contribution in [0.1, 0.15) is 29.2 Å². The maximum Gasteiger partial charge on any atom is 0.161 e. The van der Waals surface area contributed by atoms with Gasteiger partial charge in [-0.3, -0.25) is 4.99 Å². The highest BCUT2D eigenvalue weighted by Crippen LogP contribution is 2.36. The fraction of sp³-hybridized carbons (Fsp3) is 0.350. The average Bonchev–Trinajstić information content (AvgIpc) is 2.64. The minimum atomic E-state index is 0.0703. The summed E-state index contributed by atoms with van der Waals surface area (Å²) in [5.74, 6) is 1.49. The predicted octanol–water partition coefficient (Wildman–Crippen LogP) is 4.48. The number of ether oxygens (including phenoxy) is 3. The van der Waals surface area contributed by atoms with E-state index in [9.17, 15) is 0 Å². The van der Waals surface area contributed by atoms with Gasteiger partial charge in [-0.1, -0.05) is 23.7 Å². The van der Waals surface area contributed by atoms with Gasteiger partial charge in [0.1, 0.15) is 0 Å². The van der Waals surface area contributed by atoms with Crippen LogP contribution in [0.4, 0.5) is 0 Å².